The van der Waals surface area contributed by atoms with E-state index in [9.17, 15) is 4.79 Å². The maximum Gasteiger partial charge on any atom is 0.274 e. The predicted octanol–water partition coefficient (Wildman–Crippen LogP) is 3.91. The van der Waals surface area contributed by atoms with Crippen molar-refractivity contribution in [1.29, 1.82) is 0 Å². The number of fused-ring (bicyclic) bond motifs is 1. The van der Waals surface area contributed by atoms with Crippen molar-refractivity contribution in [1.82, 2.24) is 19.5 Å². The van der Waals surface area contributed by atoms with Gasteiger partial charge in [-0.2, -0.15) is 4.98 Å². The van der Waals surface area contributed by atoms with Crippen molar-refractivity contribution in [3.63, 3.8) is 0 Å². The molecule has 1 atom stereocenters. The minimum absolute atomic E-state index is 0.231. The lowest BCUT2D eigenvalue weighted by molar-refractivity contribution is 0.0520. The second-order valence-electron chi connectivity index (χ2n) is 7.86. The minimum atomic E-state index is -0.231. The number of benzene rings is 1. The SMILES string of the molecule is Cc1ccc(-c2noc(CC3CCCOC3)n2)cc1NC(=O)c1cnc2ccccn12. The maximum atomic E-state index is 12.9. The summed E-state index contributed by atoms with van der Waals surface area (Å²) in [5.41, 5.74) is 3.61. The van der Waals surface area contributed by atoms with Crippen LogP contribution in [-0.4, -0.2) is 38.6 Å². The fourth-order valence-corrected chi connectivity index (χ4v) is 3.85. The van der Waals surface area contributed by atoms with E-state index in [1.165, 1.54) is 0 Å². The third-order valence-corrected chi connectivity index (χ3v) is 5.58. The maximum absolute atomic E-state index is 12.9. The van der Waals surface area contributed by atoms with Crippen LogP contribution in [0.25, 0.3) is 17.0 Å². The molecule has 0 bridgehead atoms. The van der Waals surface area contributed by atoms with E-state index in [-0.39, 0.29) is 5.91 Å². The number of amides is 1. The summed E-state index contributed by atoms with van der Waals surface area (Å²) in [6.07, 6.45) is 6.29. The van der Waals surface area contributed by atoms with Gasteiger partial charge in [-0.25, -0.2) is 4.98 Å². The van der Waals surface area contributed by atoms with Crippen molar-refractivity contribution >= 4 is 17.2 Å². The van der Waals surface area contributed by atoms with Crippen molar-refractivity contribution in [2.45, 2.75) is 26.2 Å². The Morgan fingerprint density at radius 3 is 3.10 bits per heavy atom. The Morgan fingerprint density at radius 1 is 1.29 bits per heavy atom. The summed E-state index contributed by atoms with van der Waals surface area (Å²) in [7, 11) is 0. The van der Waals surface area contributed by atoms with Crippen molar-refractivity contribution in [3.05, 3.63) is 65.9 Å². The van der Waals surface area contributed by atoms with Crippen molar-refractivity contribution < 1.29 is 14.1 Å². The lowest BCUT2D eigenvalue weighted by atomic mass is 9.99. The number of imidazole rings is 1. The lowest BCUT2D eigenvalue weighted by Gasteiger charge is -2.20. The zero-order valence-corrected chi connectivity index (χ0v) is 17.2. The molecule has 31 heavy (non-hydrogen) atoms. The number of pyridine rings is 1. The Balaban J connectivity index is 1.35. The second kappa shape index (κ2) is 8.31. The van der Waals surface area contributed by atoms with Crippen LogP contribution in [-0.2, 0) is 11.2 Å². The first-order chi connectivity index (χ1) is 15.2. The molecule has 1 fully saturated rings. The van der Waals surface area contributed by atoms with Gasteiger partial charge in [0.1, 0.15) is 11.3 Å². The number of nitrogens with zero attached hydrogens (tertiary/aromatic N) is 4. The molecule has 1 aliphatic heterocycles. The summed E-state index contributed by atoms with van der Waals surface area (Å²) in [6.45, 7) is 3.51. The Kier molecular flexibility index (Phi) is 5.21. The number of hydrogen-bond donors (Lipinski definition) is 1. The number of hydrogen-bond acceptors (Lipinski definition) is 6. The molecule has 1 amide bonds. The molecule has 1 saturated heterocycles. The highest BCUT2D eigenvalue weighted by Gasteiger charge is 2.19. The zero-order chi connectivity index (χ0) is 21.2. The van der Waals surface area contributed by atoms with Gasteiger partial charge in [0, 0.05) is 37.1 Å². The van der Waals surface area contributed by atoms with Gasteiger partial charge < -0.3 is 14.6 Å². The van der Waals surface area contributed by atoms with Crippen LogP contribution in [0.5, 0.6) is 0 Å². The monoisotopic (exact) mass is 417 g/mol. The highest BCUT2D eigenvalue weighted by atomic mass is 16.5. The van der Waals surface area contributed by atoms with Gasteiger partial charge in [-0.3, -0.25) is 9.20 Å². The molecule has 1 aliphatic rings. The fourth-order valence-electron chi connectivity index (χ4n) is 3.85. The van der Waals surface area contributed by atoms with Crippen LogP contribution >= 0.6 is 0 Å². The molecule has 0 radical (unpaired) electrons. The Hall–Kier alpha value is -3.52. The van der Waals surface area contributed by atoms with E-state index < -0.39 is 0 Å². The molecule has 0 aliphatic carbocycles. The number of carbonyl (C=O) groups is 1. The average molecular weight is 417 g/mol. The largest absolute Gasteiger partial charge is 0.381 e. The van der Waals surface area contributed by atoms with E-state index in [2.05, 4.69) is 20.4 Å². The molecule has 1 N–H and O–H groups in total. The van der Waals surface area contributed by atoms with Crippen LogP contribution in [0.2, 0.25) is 0 Å². The van der Waals surface area contributed by atoms with Gasteiger partial charge in [0.25, 0.3) is 5.91 Å². The summed E-state index contributed by atoms with van der Waals surface area (Å²) in [5.74, 6) is 1.31. The second-order valence-corrected chi connectivity index (χ2v) is 7.86. The lowest BCUT2D eigenvalue weighted by Crippen LogP contribution is -2.19. The molecule has 4 heterocycles. The van der Waals surface area contributed by atoms with Crippen molar-refractivity contribution in [2.24, 2.45) is 5.92 Å². The standard InChI is InChI=1S/C23H23N5O3/c1-15-7-8-17(22-26-21(31-27-22)11-16-5-4-10-30-14-16)12-18(15)25-23(29)19-13-24-20-6-2-3-9-28(19)20/h2-3,6-9,12-13,16H,4-5,10-11,14H2,1H3,(H,25,29). The third-order valence-electron chi connectivity index (χ3n) is 5.58. The molecule has 158 valence electrons. The number of aromatic nitrogens is 4. The fraction of sp³-hybridized carbons (Fsp3) is 0.304. The van der Waals surface area contributed by atoms with E-state index in [1.807, 2.05) is 49.5 Å². The Bertz CT molecular complexity index is 1220. The van der Waals surface area contributed by atoms with Crippen LogP contribution in [0.1, 0.15) is 34.8 Å². The van der Waals surface area contributed by atoms with E-state index in [0.29, 0.717) is 29.0 Å². The Morgan fingerprint density at radius 2 is 2.23 bits per heavy atom. The molecule has 4 aromatic rings. The van der Waals surface area contributed by atoms with Crippen LogP contribution in [0.15, 0.2) is 53.3 Å². The summed E-state index contributed by atoms with van der Waals surface area (Å²) < 4.78 is 12.8. The molecular weight excluding hydrogens is 394 g/mol. The van der Waals surface area contributed by atoms with Gasteiger partial charge in [0.15, 0.2) is 0 Å². The van der Waals surface area contributed by atoms with E-state index in [4.69, 9.17) is 9.26 Å². The normalized spacial score (nSPS) is 16.5. The van der Waals surface area contributed by atoms with Gasteiger partial charge in [-0.05, 0) is 49.4 Å². The molecule has 8 heteroatoms. The number of carbonyl (C=O) groups excluding carboxylic acids is 1. The summed E-state index contributed by atoms with van der Waals surface area (Å²) in [6, 6.07) is 11.3. The molecule has 8 nitrogen and oxygen atoms in total. The first-order valence-corrected chi connectivity index (χ1v) is 10.4. The smallest absolute Gasteiger partial charge is 0.274 e. The summed E-state index contributed by atoms with van der Waals surface area (Å²) in [4.78, 5) is 21.7. The van der Waals surface area contributed by atoms with Crippen LogP contribution in [0, 0.1) is 12.8 Å². The van der Waals surface area contributed by atoms with Gasteiger partial charge in [-0.15, -0.1) is 0 Å². The first-order valence-electron chi connectivity index (χ1n) is 10.4. The van der Waals surface area contributed by atoms with Crippen molar-refractivity contribution in [3.8, 4) is 11.4 Å². The average Bonchev–Trinajstić information content (AvgIpc) is 3.43. The van der Waals surface area contributed by atoms with E-state index in [1.54, 1.807) is 10.6 Å². The van der Waals surface area contributed by atoms with Crippen LogP contribution < -0.4 is 5.32 Å². The molecule has 1 unspecified atom stereocenters. The minimum Gasteiger partial charge on any atom is -0.381 e. The number of anilines is 1. The van der Waals surface area contributed by atoms with E-state index >= 15 is 0 Å². The molecular formula is C23H23N5O3. The van der Waals surface area contributed by atoms with Crippen LogP contribution in [0.4, 0.5) is 5.69 Å². The first kappa shape index (κ1) is 19.4. The molecule has 0 saturated carbocycles. The third kappa shape index (κ3) is 4.06. The molecule has 3 aromatic heterocycles. The van der Waals surface area contributed by atoms with Gasteiger partial charge in [0.2, 0.25) is 11.7 Å². The Labute approximate surface area is 179 Å². The molecule has 1 aromatic carbocycles. The van der Waals surface area contributed by atoms with Gasteiger partial charge in [-0.1, -0.05) is 23.4 Å². The van der Waals surface area contributed by atoms with Gasteiger partial charge >= 0.3 is 0 Å². The van der Waals surface area contributed by atoms with Crippen molar-refractivity contribution in [2.75, 3.05) is 18.5 Å². The number of aryl methyl sites for hydroxylation is 1. The predicted molar refractivity (Wildman–Crippen MR) is 115 cm³/mol. The number of ether oxygens (including phenoxy) is 1. The summed E-state index contributed by atoms with van der Waals surface area (Å²) in [5, 5.41) is 7.12. The van der Waals surface area contributed by atoms with E-state index in [0.717, 1.165) is 49.3 Å². The number of nitrogens with one attached hydrogen (secondary N) is 1. The molecule has 0 spiro atoms. The van der Waals surface area contributed by atoms with Crippen LogP contribution in [0.3, 0.4) is 0 Å². The quantitative estimate of drug-likeness (QED) is 0.529. The summed E-state index contributed by atoms with van der Waals surface area (Å²) >= 11 is 0. The number of rotatable bonds is 5. The molecule has 5 rings (SSSR count). The van der Waals surface area contributed by atoms with Gasteiger partial charge in [0.05, 0.1) is 6.20 Å². The highest BCUT2D eigenvalue weighted by molar-refractivity contribution is 6.04. The zero-order valence-electron chi connectivity index (χ0n) is 17.2. The topological polar surface area (TPSA) is 94.5 Å². The highest BCUT2D eigenvalue weighted by Crippen LogP contribution is 2.25.